The highest BCUT2D eigenvalue weighted by Gasteiger charge is 2.27. The topological polar surface area (TPSA) is 102 Å². The fourth-order valence-electron chi connectivity index (χ4n) is 2.52. The molecule has 8 nitrogen and oxygen atoms in total. The molecule has 0 aliphatic heterocycles. The molecule has 0 aliphatic carbocycles. The van der Waals surface area contributed by atoms with E-state index < -0.39 is 22.5 Å². The Kier molecular flexibility index (Phi) is 5.65. The van der Waals surface area contributed by atoms with Gasteiger partial charge in [-0.25, -0.2) is 8.42 Å². The highest BCUT2D eigenvalue weighted by molar-refractivity contribution is 7.92. The van der Waals surface area contributed by atoms with Gasteiger partial charge in [-0.05, 0) is 43.3 Å². The summed E-state index contributed by atoms with van der Waals surface area (Å²) in [6, 6.07) is 15.9. The number of nitrogens with zero attached hydrogens (tertiary/aromatic N) is 2. The van der Waals surface area contributed by atoms with Gasteiger partial charge in [-0.3, -0.25) is 9.10 Å². The van der Waals surface area contributed by atoms with Crippen molar-refractivity contribution in [3.05, 3.63) is 66.4 Å². The molecule has 0 atom stereocenters. The highest BCUT2D eigenvalue weighted by atomic mass is 32.2. The Labute approximate surface area is 162 Å². The first kappa shape index (κ1) is 19.4. The van der Waals surface area contributed by atoms with Gasteiger partial charge in [0.2, 0.25) is 5.91 Å². The number of carbonyl (C=O) groups is 1. The largest absolute Gasteiger partial charge is 0.497 e. The molecule has 0 radical (unpaired) electrons. The molecule has 28 heavy (non-hydrogen) atoms. The molecule has 146 valence electrons. The zero-order valence-corrected chi connectivity index (χ0v) is 16.1. The summed E-state index contributed by atoms with van der Waals surface area (Å²) in [5, 5.41) is 6.22. The van der Waals surface area contributed by atoms with Crippen LogP contribution >= 0.6 is 0 Å². The minimum Gasteiger partial charge on any atom is -0.497 e. The number of hydrogen-bond donors (Lipinski definition) is 1. The summed E-state index contributed by atoms with van der Waals surface area (Å²) < 4.78 is 37.4. The molecule has 1 N–H and O–H groups in total. The summed E-state index contributed by atoms with van der Waals surface area (Å²) in [5.41, 5.74) is 0.330. The van der Waals surface area contributed by atoms with Crippen LogP contribution in [0.1, 0.15) is 5.76 Å². The van der Waals surface area contributed by atoms with Gasteiger partial charge in [0.15, 0.2) is 5.82 Å². The van der Waals surface area contributed by atoms with Crippen molar-refractivity contribution >= 4 is 27.4 Å². The second kappa shape index (κ2) is 8.13. The zero-order chi connectivity index (χ0) is 20.1. The Morgan fingerprint density at radius 1 is 1.14 bits per heavy atom. The molecule has 0 fully saturated rings. The zero-order valence-electron chi connectivity index (χ0n) is 15.3. The molecule has 0 unspecified atom stereocenters. The van der Waals surface area contributed by atoms with E-state index >= 15 is 0 Å². The van der Waals surface area contributed by atoms with Crippen LogP contribution in [-0.4, -0.2) is 33.1 Å². The molecule has 0 aliphatic rings. The number of methoxy groups -OCH3 is 1. The number of anilines is 2. The Bertz CT molecular complexity index is 1050. The smallest absolute Gasteiger partial charge is 0.264 e. The third kappa shape index (κ3) is 4.32. The highest BCUT2D eigenvalue weighted by Crippen LogP contribution is 2.25. The first-order chi connectivity index (χ1) is 13.4. The molecule has 0 bridgehead atoms. The molecular weight excluding hydrogens is 382 g/mol. The summed E-state index contributed by atoms with van der Waals surface area (Å²) in [6.45, 7) is 1.25. The maximum Gasteiger partial charge on any atom is 0.264 e. The summed E-state index contributed by atoms with van der Waals surface area (Å²) in [4.78, 5) is 12.6. The molecular formula is C19H19N3O5S. The predicted molar refractivity (Wildman–Crippen MR) is 104 cm³/mol. The van der Waals surface area contributed by atoms with Crippen LogP contribution in [0.15, 0.2) is 70.1 Å². The van der Waals surface area contributed by atoms with E-state index in [-0.39, 0.29) is 10.7 Å². The molecule has 1 aromatic heterocycles. The number of aryl methyl sites for hydroxylation is 1. The molecule has 3 aromatic rings. The number of carbonyl (C=O) groups excluding carboxylic acids is 1. The number of rotatable bonds is 7. The van der Waals surface area contributed by atoms with Crippen LogP contribution in [0.25, 0.3) is 0 Å². The van der Waals surface area contributed by atoms with Gasteiger partial charge >= 0.3 is 0 Å². The second-order valence-corrected chi connectivity index (χ2v) is 7.76. The number of benzene rings is 2. The molecule has 0 spiro atoms. The van der Waals surface area contributed by atoms with Crippen LogP contribution in [0.2, 0.25) is 0 Å². The predicted octanol–water partition coefficient (Wildman–Crippen LogP) is 2.83. The van der Waals surface area contributed by atoms with E-state index in [1.165, 1.54) is 19.2 Å². The normalized spacial score (nSPS) is 11.1. The summed E-state index contributed by atoms with van der Waals surface area (Å²) >= 11 is 0. The molecule has 3 rings (SSSR count). The average Bonchev–Trinajstić information content (AvgIpc) is 3.11. The number of hydrogen-bond acceptors (Lipinski definition) is 6. The van der Waals surface area contributed by atoms with Crippen molar-refractivity contribution in [2.24, 2.45) is 0 Å². The van der Waals surface area contributed by atoms with E-state index in [4.69, 9.17) is 9.26 Å². The summed E-state index contributed by atoms with van der Waals surface area (Å²) in [7, 11) is -2.45. The summed E-state index contributed by atoms with van der Waals surface area (Å²) in [6.07, 6.45) is 0. The number of ether oxygens (including phenoxy) is 1. The number of aromatic nitrogens is 1. The Hall–Kier alpha value is -3.33. The number of amides is 1. The van der Waals surface area contributed by atoms with Gasteiger partial charge in [0, 0.05) is 6.07 Å². The molecule has 1 heterocycles. The first-order valence-corrected chi connectivity index (χ1v) is 9.79. The van der Waals surface area contributed by atoms with Crippen LogP contribution in [0.4, 0.5) is 11.5 Å². The SMILES string of the molecule is COc1ccc(N(CC(=O)Nc2cc(C)on2)S(=O)(=O)c2ccccc2)cc1. The first-order valence-electron chi connectivity index (χ1n) is 8.35. The molecule has 2 aromatic carbocycles. The Morgan fingerprint density at radius 3 is 2.39 bits per heavy atom. The van der Waals surface area contributed by atoms with Gasteiger partial charge in [0.05, 0.1) is 17.7 Å². The van der Waals surface area contributed by atoms with Gasteiger partial charge < -0.3 is 14.6 Å². The maximum absolute atomic E-state index is 13.2. The van der Waals surface area contributed by atoms with Crippen molar-refractivity contribution in [2.45, 2.75) is 11.8 Å². The monoisotopic (exact) mass is 401 g/mol. The lowest BCUT2D eigenvalue weighted by Crippen LogP contribution is -2.38. The van der Waals surface area contributed by atoms with E-state index in [1.54, 1.807) is 55.5 Å². The maximum atomic E-state index is 13.2. The van der Waals surface area contributed by atoms with Crippen molar-refractivity contribution in [2.75, 3.05) is 23.3 Å². The van der Waals surface area contributed by atoms with E-state index in [2.05, 4.69) is 10.5 Å². The molecule has 9 heteroatoms. The van der Waals surface area contributed by atoms with Crippen LogP contribution < -0.4 is 14.4 Å². The van der Waals surface area contributed by atoms with Gasteiger partial charge in [-0.2, -0.15) is 0 Å². The molecule has 0 saturated carbocycles. The van der Waals surface area contributed by atoms with Gasteiger partial charge in [-0.1, -0.05) is 23.4 Å². The summed E-state index contributed by atoms with van der Waals surface area (Å²) in [5.74, 6) is 0.764. The van der Waals surface area contributed by atoms with E-state index in [1.807, 2.05) is 0 Å². The van der Waals surface area contributed by atoms with Crippen LogP contribution in [0.3, 0.4) is 0 Å². The fourth-order valence-corrected chi connectivity index (χ4v) is 3.96. The minimum absolute atomic E-state index is 0.0795. The van der Waals surface area contributed by atoms with Crippen LogP contribution in [0.5, 0.6) is 5.75 Å². The van der Waals surface area contributed by atoms with Crippen molar-refractivity contribution in [1.29, 1.82) is 0 Å². The lowest BCUT2D eigenvalue weighted by molar-refractivity contribution is -0.114. The van der Waals surface area contributed by atoms with Crippen molar-refractivity contribution in [3.63, 3.8) is 0 Å². The standard InChI is InChI=1S/C19H19N3O5S/c1-14-12-18(21-27-14)20-19(23)13-22(15-8-10-16(26-2)11-9-15)28(24,25)17-6-4-3-5-7-17/h3-12H,13H2,1-2H3,(H,20,21,23). The fraction of sp³-hybridized carbons (Fsp3) is 0.158. The van der Waals surface area contributed by atoms with Crippen molar-refractivity contribution in [3.8, 4) is 5.75 Å². The lowest BCUT2D eigenvalue weighted by atomic mass is 10.3. The van der Waals surface area contributed by atoms with E-state index in [9.17, 15) is 13.2 Å². The average molecular weight is 401 g/mol. The van der Waals surface area contributed by atoms with Gasteiger partial charge in [0.25, 0.3) is 10.0 Å². The minimum atomic E-state index is -3.97. The quantitative estimate of drug-likeness (QED) is 0.653. The van der Waals surface area contributed by atoms with Crippen LogP contribution in [-0.2, 0) is 14.8 Å². The van der Waals surface area contributed by atoms with Crippen LogP contribution in [0, 0.1) is 6.92 Å². The third-order valence-corrected chi connectivity index (χ3v) is 5.66. The molecule has 1 amide bonds. The third-order valence-electron chi connectivity index (χ3n) is 3.87. The van der Waals surface area contributed by atoms with E-state index in [0.29, 0.717) is 17.2 Å². The Morgan fingerprint density at radius 2 is 1.82 bits per heavy atom. The molecule has 0 saturated heterocycles. The Balaban J connectivity index is 1.92. The van der Waals surface area contributed by atoms with Crippen molar-refractivity contribution in [1.82, 2.24) is 5.16 Å². The lowest BCUT2D eigenvalue weighted by Gasteiger charge is -2.24. The number of nitrogens with one attached hydrogen (secondary N) is 1. The van der Waals surface area contributed by atoms with E-state index in [0.717, 1.165) is 4.31 Å². The second-order valence-electron chi connectivity index (χ2n) is 5.89. The number of sulfonamides is 1. The van der Waals surface area contributed by atoms with Crippen molar-refractivity contribution < 1.29 is 22.5 Å². The van der Waals surface area contributed by atoms with Gasteiger partial charge in [-0.15, -0.1) is 0 Å². The van der Waals surface area contributed by atoms with Gasteiger partial charge in [0.1, 0.15) is 18.1 Å².